The maximum absolute atomic E-state index is 5.55. The van der Waals surface area contributed by atoms with Gasteiger partial charge in [0.15, 0.2) is 0 Å². The van der Waals surface area contributed by atoms with Gasteiger partial charge in [0, 0.05) is 24.8 Å². The SMILES string of the molecule is CN1CCOc2ncccc2CC1. The van der Waals surface area contributed by atoms with Gasteiger partial charge in [0.25, 0.3) is 0 Å². The normalized spacial score (nSPS) is 18.2. The lowest BCUT2D eigenvalue weighted by atomic mass is 10.2. The van der Waals surface area contributed by atoms with Crippen molar-refractivity contribution in [2.75, 3.05) is 26.7 Å². The first kappa shape index (κ1) is 8.51. The van der Waals surface area contributed by atoms with Crippen LogP contribution in [0.5, 0.6) is 5.88 Å². The third-order valence-corrected chi connectivity index (χ3v) is 2.32. The fourth-order valence-electron chi connectivity index (χ4n) is 1.47. The first-order chi connectivity index (χ1) is 6.36. The molecule has 1 aromatic rings. The first-order valence-electron chi connectivity index (χ1n) is 4.61. The van der Waals surface area contributed by atoms with Gasteiger partial charge in [-0.05, 0) is 19.5 Å². The molecular weight excluding hydrogens is 164 g/mol. The number of aromatic nitrogens is 1. The second-order valence-corrected chi connectivity index (χ2v) is 3.37. The summed E-state index contributed by atoms with van der Waals surface area (Å²) in [5.41, 5.74) is 1.22. The predicted octanol–water partition coefficient (Wildman–Crippen LogP) is 0.948. The zero-order chi connectivity index (χ0) is 9.10. The molecule has 1 aliphatic heterocycles. The molecule has 0 spiro atoms. The monoisotopic (exact) mass is 178 g/mol. The highest BCUT2D eigenvalue weighted by atomic mass is 16.5. The molecule has 0 N–H and O–H groups in total. The molecule has 1 aliphatic rings. The van der Waals surface area contributed by atoms with Crippen molar-refractivity contribution in [2.24, 2.45) is 0 Å². The summed E-state index contributed by atoms with van der Waals surface area (Å²) in [6.07, 6.45) is 2.81. The Labute approximate surface area is 78.3 Å². The van der Waals surface area contributed by atoms with E-state index in [2.05, 4.69) is 23.0 Å². The Morgan fingerprint density at radius 3 is 3.31 bits per heavy atom. The van der Waals surface area contributed by atoms with Crippen LogP contribution in [0.3, 0.4) is 0 Å². The van der Waals surface area contributed by atoms with E-state index in [-0.39, 0.29) is 0 Å². The third-order valence-electron chi connectivity index (χ3n) is 2.32. The largest absolute Gasteiger partial charge is 0.476 e. The maximum atomic E-state index is 5.55. The Kier molecular flexibility index (Phi) is 2.45. The number of ether oxygens (including phenoxy) is 1. The van der Waals surface area contributed by atoms with Gasteiger partial charge in [0.1, 0.15) is 6.61 Å². The summed E-state index contributed by atoms with van der Waals surface area (Å²) in [6.45, 7) is 2.80. The molecule has 0 fully saturated rings. The van der Waals surface area contributed by atoms with E-state index in [9.17, 15) is 0 Å². The fourth-order valence-corrected chi connectivity index (χ4v) is 1.47. The molecule has 0 aromatic carbocycles. The predicted molar refractivity (Wildman–Crippen MR) is 50.9 cm³/mol. The number of hydrogen-bond donors (Lipinski definition) is 0. The molecule has 0 radical (unpaired) electrons. The molecule has 3 nitrogen and oxygen atoms in total. The third kappa shape index (κ3) is 1.98. The summed E-state index contributed by atoms with van der Waals surface area (Å²) in [4.78, 5) is 6.48. The molecule has 0 bridgehead atoms. The first-order valence-corrected chi connectivity index (χ1v) is 4.61. The topological polar surface area (TPSA) is 25.4 Å². The molecule has 13 heavy (non-hydrogen) atoms. The van der Waals surface area contributed by atoms with Gasteiger partial charge < -0.3 is 9.64 Å². The molecule has 0 unspecified atom stereocenters. The van der Waals surface area contributed by atoms with Crippen molar-refractivity contribution < 1.29 is 4.74 Å². The molecule has 0 aliphatic carbocycles. The molecule has 1 aromatic heterocycles. The zero-order valence-corrected chi connectivity index (χ0v) is 7.86. The van der Waals surface area contributed by atoms with Crippen molar-refractivity contribution >= 4 is 0 Å². The summed E-state index contributed by atoms with van der Waals surface area (Å²) in [7, 11) is 2.12. The molecule has 0 saturated carbocycles. The molecule has 0 amide bonds. The fraction of sp³-hybridized carbons (Fsp3) is 0.500. The van der Waals surface area contributed by atoms with Crippen LogP contribution in [0.25, 0.3) is 0 Å². The highest BCUT2D eigenvalue weighted by Gasteiger charge is 2.09. The Bertz CT molecular complexity index is 288. The van der Waals surface area contributed by atoms with Crippen LogP contribution in [0, 0.1) is 0 Å². The van der Waals surface area contributed by atoms with Crippen LogP contribution >= 0.6 is 0 Å². The van der Waals surface area contributed by atoms with Gasteiger partial charge in [-0.1, -0.05) is 6.07 Å². The number of fused-ring (bicyclic) bond motifs is 1. The second-order valence-electron chi connectivity index (χ2n) is 3.37. The van der Waals surface area contributed by atoms with Crippen LogP contribution in [0.1, 0.15) is 5.56 Å². The molecule has 3 heteroatoms. The van der Waals surface area contributed by atoms with Crippen molar-refractivity contribution in [3.8, 4) is 5.88 Å². The number of likely N-dealkylation sites (N-methyl/N-ethyl adjacent to an activating group) is 1. The summed E-state index contributed by atoms with van der Waals surface area (Å²) >= 11 is 0. The highest BCUT2D eigenvalue weighted by Crippen LogP contribution is 2.16. The second kappa shape index (κ2) is 3.75. The minimum Gasteiger partial charge on any atom is -0.476 e. The van der Waals surface area contributed by atoms with Gasteiger partial charge in [-0.25, -0.2) is 4.98 Å². The zero-order valence-electron chi connectivity index (χ0n) is 7.86. The molecule has 70 valence electrons. The Balaban J connectivity index is 2.20. The average Bonchev–Trinajstić information content (AvgIpc) is 2.13. The van der Waals surface area contributed by atoms with Crippen molar-refractivity contribution in [3.63, 3.8) is 0 Å². The van der Waals surface area contributed by atoms with Crippen LogP contribution < -0.4 is 4.74 Å². The standard InChI is InChI=1S/C10H14N2O/c1-12-6-4-9-3-2-5-11-10(9)13-8-7-12/h2-3,5H,4,6-8H2,1H3. The molecular formula is C10H14N2O. The van der Waals surface area contributed by atoms with Crippen molar-refractivity contribution in [3.05, 3.63) is 23.9 Å². The van der Waals surface area contributed by atoms with E-state index in [1.165, 1.54) is 5.56 Å². The van der Waals surface area contributed by atoms with E-state index >= 15 is 0 Å². The Morgan fingerprint density at radius 1 is 1.46 bits per heavy atom. The van der Waals surface area contributed by atoms with E-state index < -0.39 is 0 Å². The van der Waals surface area contributed by atoms with E-state index in [0.29, 0.717) is 0 Å². The van der Waals surface area contributed by atoms with E-state index in [1.54, 1.807) is 6.20 Å². The Morgan fingerprint density at radius 2 is 2.38 bits per heavy atom. The number of nitrogens with zero attached hydrogens (tertiary/aromatic N) is 2. The molecule has 2 heterocycles. The van der Waals surface area contributed by atoms with Crippen molar-refractivity contribution in [2.45, 2.75) is 6.42 Å². The van der Waals surface area contributed by atoms with Crippen LogP contribution in [0.15, 0.2) is 18.3 Å². The molecule has 2 rings (SSSR count). The van der Waals surface area contributed by atoms with Crippen molar-refractivity contribution in [1.29, 1.82) is 0 Å². The number of pyridine rings is 1. The molecule has 0 atom stereocenters. The van der Waals surface area contributed by atoms with Crippen LogP contribution in [0.2, 0.25) is 0 Å². The van der Waals surface area contributed by atoms with E-state index in [1.807, 2.05) is 6.07 Å². The smallest absolute Gasteiger partial charge is 0.216 e. The van der Waals surface area contributed by atoms with Gasteiger partial charge in [-0.15, -0.1) is 0 Å². The summed E-state index contributed by atoms with van der Waals surface area (Å²) in [6, 6.07) is 4.05. The minimum absolute atomic E-state index is 0.737. The number of rotatable bonds is 0. The lowest BCUT2D eigenvalue weighted by molar-refractivity contribution is 0.218. The molecule has 0 saturated heterocycles. The van der Waals surface area contributed by atoms with Crippen LogP contribution in [-0.2, 0) is 6.42 Å². The average molecular weight is 178 g/mol. The van der Waals surface area contributed by atoms with Gasteiger partial charge in [-0.2, -0.15) is 0 Å². The number of hydrogen-bond acceptors (Lipinski definition) is 3. The van der Waals surface area contributed by atoms with Gasteiger partial charge >= 0.3 is 0 Å². The Hall–Kier alpha value is -1.09. The lowest BCUT2D eigenvalue weighted by Crippen LogP contribution is -2.28. The van der Waals surface area contributed by atoms with Gasteiger partial charge in [0.2, 0.25) is 5.88 Å². The summed E-state index contributed by atoms with van der Waals surface area (Å²) < 4.78 is 5.55. The minimum atomic E-state index is 0.737. The maximum Gasteiger partial charge on any atom is 0.216 e. The van der Waals surface area contributed by atoms with E-state index in [0.717, 1.165) is 32.0 Å². The van der Waals surface area contributed by atoms with Gasteiger partial charge in [-0.3, -0.25) is 0 Å². The quantitative estimate of drug-likeness (QED) is 0.591. The van der Waals surface area contributed by atoms with Crippen molar-refractivity contribution in [1.82, 2.24) is 9.88 Å². The summed E-state index contributed by atoms with van der Waals surface area (Å²) in [5.74, 6) is 0.815. The summed E-state index contributed by atoms with van der Waals surface area (Å²) in [5, 5.41) is 0. The van der Waals surface area contributed by atoms with Crippen LogP contribution in [0.4, 0.5) is 0 Å². The highest BCUT2D eigenvalue weighted by molar-refractivity contribution is 5.26. The van der Waals surface area contributed by atoms with Crippen LogP contribution in [-0.4, -0.2) is 36.6 Å². The van der Waals surface area contributed by atoms with E-state index in [4.69, 9.17) is 4.74 Å². The van der Waals surface area contributed by atoms with Gasteiger partial charge in [0.05, 0.1) is 0 Å². The lowest BCUT2D eigenvalue weighted by Gasteiger charge is -2.21.